The van der Waals surface area contributed by atoms with Crippen LogP contribution in [0.25, 0.3) is 0 Å². The van der Waals surface area contributed by atoms with E-state index in [2.05, 4.69) is 11.8 Å². The molecule has 0 aliphatic carbocycles. The van der Waals surface area contributed by atoms with Crippen molar-refractivity contribution >= 4 is 5.84 Å². The van der Waals surface area contributed by atoms with Gasteiger partial charge in [0, 0.05) is 19.5 Å². The van der Waals surface area contributed by atoms with Crippen LogP contribution in [0.3, 0.4) is 0 Å². The molecule has 0 radical (unpaired) electrons. The Hall–Kier alpha value is -0.570. The van der Waals surface area contributed by atoms with Gasteiger partial charge in [-0.05, 0) is 6.42 Å². The van der Waals surface area contributed by atoms with Gasteiger partial charge in [0.15, 0.2) is 0 Å². The zero-order valence-corrected chi connectivity index (χ0v) is 7.97. The van der Waals surface area contributed by atoms with E-state index in [-0.39, 0.29) is 0 Å². The van der Waals surface area contributed by atoms with E-state index in [0.29, 0.717) is 6.10 Å². The zero-order valence-electron chi connectivity index (χ0n) is 7.97. The third-order valence-electron chi connectivity index (χ3n) is 2.31. The van der Waals surface area contributed by atoms with Crippen molar-refractivity contribution in [3.05, 3.63) is 0 Å². The minimum atomic E-state index is 0.339. The Labute approximate surface area is 74.2 Å². The molecule has 3 heteroatoms. The first-order valence-electron chi connectivity index (χ1n) is 4.71. The molecule has 0 aromatic rings. The van der Waals surface area contributed by atoms with Crippen LogP contribution < -0.4 is 0 Å². The van der Waals surface area contributed by atoms with Gasteiger partial charge >= 0.3 is 0 Å². The van der Waals surface area contributed by atoms with Crippen molar-refractivity contribution in [1.82, 2.24) is 4.90 Å². The molecule has 1 fully saturated rings. The molecule has 3 nitrogen and oxygen atoms in total. The van der Waals surface area contributed by atoms with Gasteiger partial charge in [-0.15, -0.1) is 0 Å². The average Bonchev–Trinajstić information content (AvgIpc) is 2.17. The summed E-state index contributed by atoms with van der Waals surface area (Å²) in [5.74, 6) is 0.747. The summed E-state index contributed by atoms with van der Waals surface area (Å²) in [6.45, 7) is 6.73. The summed E-state index contributed by atoms with van der Waals surface area (Å²) >= 11 is 0. The molecule has 0 amide bonds. The smallest absolute Gasteiger partial charge is 0.0956 e. The lowest BCUT2D eigenvalue weighted by atomic mass is 10.2. The largest absolute Gasteiger partial charge is 0.375 e. The number of hydrogen-bond donors (Lipinski definition) is 1. The number of amidine groups is 1. The van der Waals surface area contributed by atoms with Crippen LogP contribution in [0.2, 0.25) is 0 Å². The summed E-state index contributed by atoms with van der Waals surface area (Å²) in [6.07, 6.45) is 2.22. The number of nitrogens with one attached hydrogen (secondary N) is 1. The highest BCUT2D eigenvalue weighted by Crippen LogP contribution is 2.09. The monoisotopic (exact) mass is 170 g/mol. The first-order chi connectivity index (χ1) is 5.77. The predicted molar refractivity (Wildman–Crippen MR) is 49.6 cm³/mol. The van der Waals surface area contributed by atoms with E-state index in [1.165, 1.54) is 0 Å². The minimum absolute atomic E-state index is 0.339. The minimum Gasteiger partial charge on any atom is -0.375 e. The van der Waals surface area contributed by atoms with Crippen LogP contribution in [0.15, 0.2) is 0 Å². The summed E-state index contributed by atoms with van der Waals surface area (Å²) in [5.41, 5.74) is 0. The fourth-order valence-electron chi connectivity index (χ4n) is 1.44. The molecule has 1 N–H and O–H groups in total. The Morgan fingerprint density at radius 3 is 2.92 bits per heavy atom. The fourth-order valence-corrected chi connectivity index (χ4v) is 1.44. The van der Waals surface area contributed by atoms with Crippen molar-refractivity contribution in [2.45, 2.75) is 32.8 Å². The van der Waals surface area contributed by atoms with Gasteiger partial charge in [-0.1, -0.05) is 13.8 Å². The second kappa shape index (κ2) is 4.45. The lowest BCUT2D eigenvalue weighted by Gasteiger charge is -2.33. The molecule has 0 saturated carbocycles. The lowest BCUT2D eigenvalue weighted by molar-refractivity contribution is -0.00777. The summed E-state index contributed by atoms with van der Waals surface area (Å²) in [7, 11) is 0. The molecule has 0 aromatic heterocycles. The van der Waals surface area contributed by atoms with Crippen LogP contribution >= 0.6 is 0 Å². The highest BCUT2D eigenvalue weighted by Gasteiger charge is 2.19. The molecule has 0 aromatic carbocycles. The highest BCUT2D eigenvalue weighted by atomic mass is 16.5. The summed E-state index contributed by atoms with van der Waals surface area (Å²) < 4.78 is 5.51. The van der Waals surface area contributed by atoms with Gasteiger partial charge in [0.1, 0.15) is 0 Å². The van der Waals surface area contributed by atoms with Crippen LogP contribution in [0.5, 0.6) is 0 Å². The van der Waals surface area contributed by atoms with Crippen molar-refractivity contribution in [1.29, 1.82) is 5.41 Å². The molecule has 0 spiro atoms. The molecule has 1 aliphatic rings. The lowest BCUT2D eigenvalue weighted by Crippen LogP contribution is -2.44. The molecule has 1 rings (SSSR count). The van der Waals surface area contributed by atoms with Crippen molar-refractivity contribution in [2.24, 2.45) is 0 Å². The number of rotatable bonds is 2. The van der Waals surface area contributed by atoms with Crippen molar-refractivity contribution in [2.75, 3.05) is 19.7 Å². The van der Waals surface area contributed by atoms with E-state index in [1.807, 2.05) is 6.92 Å². The van der Waals surface area contributed by atoms with Gasteiger partial charge in [0.25, 0.3) is 0 Å². The molecular weight excluding hydrogens is 152 g/mol. The van der Waals surface area contributed by atoms with E-state index in [1.54, 1.807) is 0 Å². The first kappa shape index (κ1) is 9.52. The molecule has 1 aliphatic heterocycles. The maximum absolute atomic E-state index is 7.67. The standard InChI is InChI=1S/C9H18N2O/c1-3-8-7-11(5-6-12-8)9(10)4-2/h8,10H,3-7H2,1-2H3. The fraction of sp³-hybridized carbons (Fsp3) is 0.889. The van der Waals surface area contributed by atoms with Crippen LogP contribution in [0, 0.1) is 5.41 Å². The predicted octanol–water partition coefficient (Wildman–Crippen LogP) is 1.48. The Balaban J connectivity index is 2.40. The van der Waals surface area contributed by atoms with Crippen LogP contribution in [-0.2, 0) is 4.74 Å². The Morgan fingerprint density at radius 1 is 1.58 bits per heavy atom. The third-order valence-corrected chi connectivity index (χ3v) is 2.31. The zero-order chi connectivity index (χ0) is 8.97. The van der Waals surface area contributed by atoms with E-state index >= 15 is 0 Å². The van der Waals surface area contributed by atoms with Crippen molar-refractivity contribution in [3.63, 3.8) is 0 Å². The average molecular weight is 170 g/mol. The molecular formula is C9H18N2O. The molecule has 1 heterocycles. The Morgan fingerprint density at radius 2 is 2.33 bits per heavy atom. The third kappa shape index (κ3) is 2.21. The second-order valence-electron chi connectivity index (χ2n) is 3.15. The number of ether oxygens (including phenoxy) is 1. The summed E-state index contributed by atoms with van der Waals surface area (Å²) in [4.78, 5) is 2.12. The van der Waals surface area contributed by atoms with E-state index in [9.17, 15) is 0 Å². The topological polar surface area (TPSA) is 36.3 Å². The number of hydrogen-bond acceptors (Lipinski definition) is 2. The second-order valence-corrected chi connectivity index (χ2v) is 3.15. The molecule has 70 valence electrons. The molecule has 0 bridgehead atoms. The van der Waals surface area contributed by atoms with Crippen LogP contribution in [-0.4, -0.2) is 36.5 Å². The summed E-state index contributed by atoms with van der Waals surface area (Å²) in [5, 5.41) is 7.67. The van der Waals surface area contributed by atoms with Gasteiger partial charge in [-0.2, -0.15) is 0 Å². The maximum Gasteiger partial charge on any atom is 0.0956 e. The van der Waals surface area contributed by atoms with E-state index in [0.717, 1.165) is 38.4 Å². The quantitative estimate of drug-likeness (QED) is 0.503. The Kier molecular flexibility index (Phi) is 3.53. The van der Waals surface area contributed by atoms with Crippen molar-refractivity contribution in [3.8, 4) is 0 Å². The van der Waals surface area contributed by atoms with Gasteiger partial charge in [0.05, 0.1) is 18.5 Å². The SMILES string of the molecule is CCC(=N)N1CCOC(CC)C1. The maximum atomic E-state index is 7.67. The van der Waals surface area contributed by atoms with E-state index < -0.39 is 0 Å². The van der Waals surface area contributed by atoms with Crippen LogP contribution in [0.1, 0.15) is 26.7 Å². The van der Waals surface area contributed by atoms with E-state index in [4.69, 9.17) is 10.1 Å². The number of nitrogens with zero attached hydrogens (tertiary/aromatic N) is 1. The number of morpholine rings is 1. The van der Waals surface area contributed by atoms with Gasteiger partial charge in [0.2, 0.25) is 0 Å². The van der Waals surface area contributed by atoms with Gasteiger partial charge in [-0.25, -0.2) is 0 Å². The Bertz CT molecular complexity index is 159. The van der Waals surface area contributed by atoms with Gasteiger partial charge < -0.3 is 9.64 Å². The molecule has 1 atom stereocenters. The molecule has 1 saturated heterocycles. The molecule has 1 unspecified atom stereocenters. The highest BCUT2D eigenvalue weighted by molar-refractivity contribution is 5.78. The normalized spacial score (nSPS) is 24.2. The van der Waals surface area contributed by atoms with Crippen molar-refractivity contribution < 1.29 is 4.74 Å². The molecule has 12 heavy (non-hydrogen) atoms. The van der Waals surface area contributed by atoms with Crippen LogP contribution in [0.4, 0.5) is 0 Å². The van der Waals surface area contributed by atoms with Gasteiger partial charge in [-0.3, -0.25) is 5.41 Å². The first-order valence-corrected chi connectivity index (χ1v) is 4.71. The summed E-state index contributed by atoms with van der Waals surface area (Å²) in [6, 6.07) is 0.